The second-order valence-electron chi connectivity index (χ2n) is 4.45. The lowest BCUT2D eigenvalue weighted by Gasteiger charge is -2.16. The molecule has 1 amide bonds. The van der Waals surface area contributed by atoms with Crippen molar-refractivity contribution in [3.8, 4) is 0 Å². The van der Waals surface area contributed by atoms with Crippen molar-refractivity contribution in [2.24, 2.45) is 0 Å². The number of carbonyl (C=O) groups excluding carboxylic acids is 1. The van der Waals surface area contributed by atoms with Crippen LogP contribution in [-0.2, 0) is 9.53 Å². The minimum absolute atomic E-state index is 0.108. The van der Waals surface area contributed by atoms with Crippen molar-refractivity contribution in [3.63, 3.8) is 0 Å². The number of amides is 1. The summed E-state index contributed by atoms with van der Waals surface area (Å²) < 4.78 is 40.3. The third-order valence-corrected chi connectivity index (χ3v) is 4.57. The Kier molecular flexibility index (Phi) is 5.98. The highest BCUT2D eigenvalue weighted by molar-refractivity contribution is 7.11. The molecule has 0 radical (unpaired) electrons. The molecule has 2 rings (SSSR count). The molecule has 0 aliphatic heterocycles. The van der Waals surface area contributed by atoms with E-state index in [9.17, 15) is 18.0 Å². The van der Waals surface area contributed by atoms with Crippen LogP contribution >= 0.6 is 22.7 Å². The van der Waals surface area contributed by atoms with Gasteiger partial charge in [0.25, 0.3) is 0 Å². The van der Waals surface area contributed by atoms with E-state index < -0.39 is 12.8 Å². The van der Waals surface area contributed by atoms with Crippen LogP contribution in [0, 0.1) is 0 Å². The van der Waals surface area contributed by atoms with Gasteiger partial charge in [0.1, 0.15) is 6.61 Å². The average molecular weight is 349 g/mol. The van der Waals surface area contributed by atoms with E-state index in [0.29, 0.717) is 0 Å². The van der Waals surface area contributed by atoms with E-state index >= 15 is 0 Å². The highest BCUT2D eigenvalue weighted by Gasteiger charge is 2.27. The van der Waals surface area contributed by atoms with Gasteiger partial charge in [-0.05, 0) is 22.9 Å². The van der Waals surface area contributed by atoms with Gasteiger partial charge in [0.15, 0.2) is 0 Å². The van der Waals surface area contributed by atoms with Crippen LogP contribution in [-0.4, -0.2) is 25.3 Å². The van der Waals surface area contributed by atoms with Gasteiger partial charge in [-0.2, -0.15) is 13.2 Å². The van der Waals surface area contributed by atoms with Gasteiger partial charge in [0.2, 0.25) is 5.91 Å². The topological polar surface area (TPSA) is 38.3 Å². The molecule has 0 aliphatic carbocycles. The molecule has 0 aliphatic rings. The monoisotopic (exact) mass is 349 g/mol. The zero-order valence-electron chi connectivity index (χ0n) is 11.4. The average Bonchev–Trinajstić information content (AvgIpc) is 3.12. The van der Waals surface area contributed by atoms with Crippen molar-refractivity contribution in [2.75, 3.05) is 13.2 Å². The number of rotatable bonds is 7. The molecule has 8 heteroatoms. The molecule has 1 N–H and O–H groups in total. The van der Waals surface area contributed by atoms with Crippen molar-refractivity contribution in [3.05, 3.63) is 44.8 Å². The molecule has 2 aromatic rings. The largest absolute Gasteiger partial charge is 0.411 e. The third kappa shape index (κ3) is 5.43. The zero-order chi connectivity index (χ0) is 16.0. The number of nitrogens with one attached hydrogen (secondary N) is 1. The molecule has 0 unspecified atom stereocenters. The minimum Gasteiger partial charge on any atom is -0.372 e. The molecule has 3 nitrogen and oxygen atoms in total. The fraction of sp³-hybridized carbons (Fsp3) is 0.357. The van der Waals surface area contributed by atoms with Crippen molar-refractivity contribution < 1.29 is 22.7 Å². The number of hydrogen-bond donors (Lipinski definition) is 1. The first-order chi connectivity index (χ1) is 10.5. The van der Waals surface area contributed by atoms with Crippen LogP contribution in [0.4, 0.5) is 13.2 Å². The number of alkyl halides is 3. The smallest absolute Gasteiger partial charge is 0.372 e. The number of halogens is 3. The standard InChI is InChI=1S/C14H14F3NO2S2/c15-14(16,17)9-20-6-5-12(19)18-13(10-3-1-7-21-10)11-4-2-8-22-11/h1-4,7-8,13H,5-6,9H2,(H,18,19). The number of ether oxygens (including phenoxy) is 1. The maximum absolute atomic E-state index is 11.9. The van der Waals surface area contributed by atoms with Crippen molar-refractivity contribution >= 4 is 28.6 Å². The van der Waals surface area contributed by atoms with Gasteiger partial charge in [0, 0.05) is 16.2 Å². The van der Waals surface area contributed by atoms with E-state index in [-0.39, 0.29) is 25.0 Å². The molecule has 22 heavy (non-hydrogen) atoms. The van der Waals surface area contributed by atoms with Crippen LogP contribution in [0.15, 0.2) is 35.0 Å². The first kappa shape index (κ1) is 17.0. The zero-order valence-corrected chi connectivity index (χ0v) is 13.1. The number of hydrogen-bond acceptors (Lipinski definition) is 4. The van der Waals surface area contributed by atoms with Crippen molar-refractivity contribution in [2.45, 2.75) is 18.6 Å². The lowest BCUT2D eigenvalue weighted by molar-refractivity contribution is -0.174. The second-order valence-corrected chi connectivity index (χ2v) is 6.41. The Balaban J connectivity index is 1.87. The van der Waals surface area contributed by atoms with Gasteiger partial charge < -0.3 is 10.1 Å². The molecule has 0 saturated carbocycles. The highest BCUT2D eigenvalue weighted by Crippen LogP contribution is 2.29. The van der Waals surface area contributed by atoms with Crippen molar-refractivity contribution in [1.29, 1.82) is 0 Å². The van der Waals surface area contributed by atoms with Crippen LogP contribution in [0.25, 0.3) is 0 Å². The maximum atomic E-state index is 11.9. The van der Waals surface area contributed by atoms with Gasteiger partial charge in [-0.1, -0.05) is 12.1 Å². The van der Waals surface area contributed by atoms with E-state index in [2.05, 4.69) is 10.1 Å². The molecule has 120 valence electrons. The SMILES string of the molecule is O=C(CCOCC(F)(F)F)NC(c1cccs1)c1cccs1. The molecule has 0 spiro atoms. The summed E-state index contributed by atoms with van der Waals surface area (Å²) in [6.07, 6.45) is -4.48. The van der Waals surface area contributed by atoms with E-state index in [1.807, 2.05) is 35.0 Å². The van der Waals surface area contributed by atoms with Gasteiger partial charge >= 0.3 is 6.18 Å². The Morgan fingerprint density at radius 3 is 2.23 bits per heavy atom. The fourth-order valence-corrected chi connectivity index (χ4v) is 3.44. The van der Waals surface area contributed by atoms with E-state index in [4.69, 9.17) is 0 Å². The van der Waals surface area contributed by atoms with E-state index in [1.165, 1.54) is 22.7 Å². The third-order valence-electron chi connectivity index (χ3n) is 2.70. The Labute approximate surface area is 133 Å². The predicted octanol–water partition coefficient (Wildman–Crippen LogP) is 3.98. The summed E-state index contributed by atoms with van der Waals surface area (Å²) in [6, 6.07) is 7.33. The molecule has 2 aromatic heterocycles. The summed E-state index contributed by atoms with van der Waals surface area (Å²) in [5, 5.41) is 6.66. The molecule has 0 saturated heterocycles. The molecular weight excluding hydrogens is 335 g/mol. The molecule has 0 bridgehead atoms. The summed E-state index contributed by atoms with van der Waals surface area (Å²) in [4.78, 5) is 13.9. The summed E-state index contributed by atoms with van der Waals surface area (Å²) in [5.41, 5.74) is 0. The number of carbonyl (C=O) groups is 1. The molecule has 0 aromatic carbocycles. The van der Waals surface area contributed by atoms with Crippen LogP contribution in [0.1, 0.15) is 22.2 Å². The maximum Gasteiger partial charge on any atom is 0.411 e. The van der Waals surface area contributed by atoms with E-state index in [1.54, 1.807) is 0 Å². The molecule has 0 fully saturated rings. The molecular formula is C14H14F3NO2S2. The summed E-state index contributed by atoms with van der Waals surface area (Å²) in [5.74, 6) is -0.339. The quantitative estimate of drug-likeness (QED) is 0.768. The Morgan fingerprint density at radius 1 is 1.18 bits per heavy atom. The molecule has 2 heterocycles. The summed E-state index contributed by atoms with van der Waals surface area (Å²) >= 11 is 3.03. The van der Waals surface area contributed by atoms with Crippen LogP contribution in [0.2, 0.25) is 0 Å². The van der Waals surface area contributed by atoms with Crippen LogP contribution in [0.3, 0.4) is 0 Å². The first-order valence-electron chi connectivity index (χ1n) is 6.46. The Morgan fingerprint density at radius 2 is 1.77 bits per heavy atom. The van der Waals surface area contributed by atoms with Gasteiger partial charge in [-0.25, -0.2) is 0 Å². The summed E-state index contributed by atoms with van der Waals surface area (Å²) in [7, 11) is 0. The summed E-state index contributed by atoms with van der Waals surface area (Å²) in [6.45, 7) is -1.59. The Hall–Kier alpha value is -1.38. The lowest BCUT2D eigenvalue weighted by Crippen LogP contribution is -2.29. The second kappa shape index (κ2) is 7.75. The predicted molar refractivity (Wildman–Crippen MR) is 80.1 cm³/mol. The van der Waals surface area contributed by atoms with Crippen molar-refractivity contribution in [1.82, 2.24) is 5.32 Å². The normalized spacial score (nSPS) is 11.8. The van der Waals surface area contributed by atoms with Gasteiger partial charge in [0.05, 0.1) is 12.6 Å². The minimum atomic E-state index is -4.37. The van der Waals surface area contributed by atoms with Crippen LogP contribution in [0.5, 0.6) is 0 Å². The van der Waals surface area contributed by atoms with Gasteiger partial charge in [-0.3, -0.25) is 4.79 Å². The van der Waals surface area contributed by atoms with Gasteiger partial charge in [-0.15, -0.1) is 22.7 Å². The first-order valence-corrected chi connectivity index (χ1v) is 8.22. The Bertz CT molecular complexity index is 533. The molecule has 0 atom stereocenters. The van der Waals surface area contributed by atoms with Crippen LogP contribution < -0.4 is 5.32 Å². The lowest BCUT2D eigenvalue weighted by atomic mass is 10.2. The highest BCUT2D eigenvalue weighted by atomic mass is 32.1. The fourth-order valence-electron chi connectivity index (χ4n) is 1.78. The number of thiophene rings is 2. The van der Waals surface area contributed by atoms with E-state index in [0.717, 1.165) is 9.75 Å².